The van der Waals surface area contributed by atoms with Crippen molar-refractivity contribution in [2.75, 3.05) is 0 Å². The SMILES string of the molecule is CC1CC(NC(C)c2cccc(O)c2)C1. The first kappa shape index (κ1) is 10.5. The van der Waals surface area contributed by atoms with Crippen molar-refractivity contribution in [1.82, 2.24) is 5.32 Å². The molecule has 0 amide bonds. The first-order valence-corrected chi connectivity index (χ1v) is 5.70. The van der Waals surface area contributed by atoms with Gasteiger partial charge >= 0.3 is 0 Å². The largest absolute Gasteiger partial charge is 0.508 e. The predicted molar refractivity (Wildman–Crippen MR) is 61.8 cm³/mol. The first-order valence-electron chi connectivity index (χ1n) is 5.70. The van der Waals surface area contributed by atoms with Gasteiger partial charge in [-0.15, -0.1) is 0 Å². The first-order chi connectivity index (χ1) is 7.15. The lowest BCUT2D eigenvalue weighted by atomic mass is 9.81. The van der Waals surface area contributed by atoms with Gasteiger partial charge in [-0.3, -0.25) is 0 Å². The second-order valence-corrected chi connectivity index (χ2v) is 4.76. The molecule has 0 bridgehead atoms. The molecule has 1 atom stereocenters. The number of benzene rings is 1. The van der Waals surface area contributed by atoms with Gasteiger partial charge in [0.05, 0.1) is 0 Å². The minimum absolute atomic E-state index is 0.328. The lowest BCUT2D eigenvalue weighted by Crippen LogP contribution is -2.41. The molecule has 2 N–H and O–H groups in total. The molecule has 1 aliphatic carbocycles. The highest BCUT2D eigenvalue weighted by Crippen LogP contribution is 2.29. The van der Waals surface area contributed by atoms with E-state index in [1.807, 2.05) is 12.1 Å². The molecule has 0 radical (unpaired) electrons. The Morgan fingerprint density at radius 3 is 2.73 bits per heavy atom. The molecule has 1 aromatic carbocycles. The molecule has 82 valence electrons. The summed E-state index contributed by atoms with van der Waals surface area (Å²) < 4.78 is 0. The number of phenolic OH excluding ortho intramolecular Hbond substituents is 1. The summed E-state index contributed by atoms with van der Waals surface area (Å²) >= 11 is 0. The number of phenols is 1. The molecule has 1 aromatic rings. The van der Waals surface area contributed by atoms with Crippen LogP contribution < -0.4 is 5.32 Å². The van der Waals surface area contributed by atoms with E-state index < -0.39 is 0 Å². The van der Waals surface area contributed by atoms with Gasteiger partial charge in [-0.25, -0.2) is 0 Å². The standard InChI is InChI=1S/C13H19NO/c1-9-6-12(7-9)14-10(2)11-4-3-5-13(15)8-11/h3-5,8-10,12,14-15H,6-7H2,1-2H3. The molecule has 2 rings (SSSR count). The highest BCUT2D eigenvalue weighted by molar-refractivity contribution is 5.29. The van der Waals surface area contributed by atoms with E-state index in [1.54, 1.807) is 6.07 Å². The number of hydrogen-bond acceptors (Lipinski definition) is 2. The van der Waals surface area contributed by atoms with Crippen LogP contribution in [0.25, 0.3) is 0 Å². The molecular weight excluding hydrogens is 186 g/mol. The predicted octanol–water partition coefficient (Wildman–Crippen LogP) is 2.84. The maximum Gasteiger partial charge on any atom is 0.115 e. The summed E-state index contributed by atoms with van der Waals surface area (Å²) in [6.07, 6.45) is 2.56. The summed E-state index contributed by atoms with van der Waals surface area (Å²) in [5.74, 6) is 1.22. The van der Waals surface area contributed by atoms with Gasteiger partial charge in [-0.1, -0.05) is 19.1 Å². The lowest BCUT2D eigenvalue weighted by Gasteiger charge is -2.35. The third-order valence-electron chi connectivity index (χ3n) is 3.23. The van der Waals surface area contributed by atoms with E-state index in [1.165, 1.54) is 12.8 Å². The second-order valence-electron chi connectivity index (χ2n) is 4.76. The normalized spacial score (nSPS) is 27.1. The van der Waals surface area contributed by atoms with Crippen LogP contribution in [0.15, 0.2) is 24.3 Å². The third-order valence-corrected chi connectivity index (χ3v) is 3.23. The summed E-state index contributed by atoms with van der Waals surface area (Å²) in [6.45, 7) is 4.44. The molecule has 2 nitrogen and oxygen atoms in total. The molecule has 0 heterocycles. The van der Waals surface area contributed by atoms with Crippen molar-refractivity contribution in [3.05, 3.63) is 29.8 Å². The maximum atomic E-state index is 9.38. The molecule has 2 heteroatoms. The summed E-state index contributed by atoms with van der Waals surface area (Å²) in [7, 11) is 0. The van der Waals surface area contributed by atoms with Crippen LogP contribution in [0, 0.1) is 5.92 Å². The zero-order valence-electron chi connectivity index (χ0n) is 9.40. The smallest absolute Gasteiger partial charge is 0.115 e. The summed E-state index contributed by atoms with van der Waals surface area (Å²) in [5, 5.41) is 13.0. The van der Waals surface area contributed by atoms with Crippen molar-refractivity contribution in [1.29, 1.82) is 0 Å². The molecule has 15 heavy (non-hydrogen) atoms. The lowest BCUT2D eigenvalue weighted by molar-refractivity contribution is 0.226. The Morgan fingerprint density at radius 2 is 2.13 bits per heavy atom. The van der Waals surface area contributed by atoms with Crippen LogP contribution in [-0.2, 0) is 0 Å². The number of rotatable bonds is 3. The third kappa shape index (κ3) is 2.51. The molecule has 1 unspecified atom stereocenters. The van der Waals surface area contributed by atoms with Gasteiger partial charge in [-0.05, 0) is 43.4 Å². The molecule has 0 aliphatic heterocycles. The Kier molecular flexibility index (Phi) is 2.96. The van der Waals surface area contributed by atoms with Crippen molar-refractivity contribution < 1.29 is 5.11 Å². The van der Waals surface area contributed by atoms with Crippen LogP contribution in [0.4, 0.5) is 0 Å². The van der Waals surface area contributed by atoms with Crippen LogP contribution in [0.5, 0.6) is 5.75 Å². The molecule has 0 spiro atoms. The van der Waals surface area contributed by atoms with Gasteiger partial charge in [0.2, 0.25) is 0 Å². The van der Waals surface area contributed by atoms with Crippen molar-refractivity contribution in [2.24, 2.45) is 5.92 Å². The van der Waals surface area contributed by atoms with E-state index in [9.17, 15) is 5.11 Å². The van der Waals surface area contributed by atoms with Crippen LogP contribution in [0.1, 0.15) is 38.3 Å². The van der Waals surface area contributed by atoms with Gasteiger partial charge in [0.25, 0.3) is 0 Å². The van der Waals surface area contributed by atoms with E-state index in [0.29, 0.717) is 17.8 Å². The molecule has 1 aliphatic rings. The number of aromatic hydroxyl groups is 1. The molecule has 0 saturated heterocycles. The summed E-state index contributed by atoms with van der Waals surface area (Å²) in [4.78, 5) is 0. The number of hydrogen-bond donors (Lipinski definition) is 2. The van der Waals surface area contributed by atoms with Gasteiger partial charge in [-0.2, -0.15) is 0 Å². The van der Waals surface area contributed by atoms with Gasteiger partial charge in [0.1, 0.15) is 5.75 Å². The summed E-state index contributed by atoms with van der Waals surface area (Å²) in [5.41, 5.74) is 1.16. The van der Waals surface area contributed by atoms with Crippen LogP contribution >= 0.6 is 0 Å². The Hall–Kier alpha value is -1.02. The van der Waals surface area contributed by atoms with Crippen LogP contribution in [-0.4, -0.2) is 11.1 Å². The van der Waals surface area contributed by atoms with E-state index >= 15 is 0 Å². The van der Waals surface area contributed by atoms with E-state index in [-0.39, 0.29) is 0 Å². The quantitative estimate of drug-likeness (QED) is 0.795. The average molecular weight is 205 g/mol. The van der Waals surface area contributed by atoms with Crippen molar-refractivity contribution >= 4 is 0 Å². The van der Waals surface area contributed by atoms with Crippen LogP contribution in [0.2, 0.25) is 0 Å². The highest BCUT2D eigenvalue weighted by atomic mass is 16.3. The maximum absolute atomic E-state index is 9.38. The molecule has 0 aromatic heterocycles. The highest BCUT2D eigenvalue weighted by Gasteiger charge is 2.26. The van der Waals surface area contributed by atoms with E-state index in [4.69, 9.17) is 0 Å². The minimum Gasteiger partial charge on any atom is -0.508 e. The summed E-state index contributed by atoms with van der Waals surface area (Å²) in [6, 6.07) is 8.49. The second kappa shape index (κ2) is 4.23. The van der Waals surface area contributed by atoms with Gasteiger partial charge < -0.3 is 10.4 Å². The van der Waals surface area contributed by atoms with Crippen molar-refractivity contribution in [3.63, 3.8) is 0 Å². The Bertz CT molecular complexity index is 331. The number of nitrogens with one attached hydrogen (secondary N) is 1. The Balaban J connectivity index is 1.93. The van der Waals surface area contributed by atoms with Crippen LogP contribution in [0.3, 0.4) is 0 Å². The zero-order valence-corrected chi connectivity index (χ0v) is 9.40. The van der Waals surface area contributed by atoms with Crippen molar-refractivity contribution in [3.8, 4) is 5.75 Å². The van der Waals surface area contributed by atoms with Gasteiger partial charge in [0, 0.05) is 12.1 Å². The van der Waals surface area contributed by atoms with Gasteiger partial charge in [0.15, 0.2) is 0 Å². The fraction of sp³-hybridized carbons (Fsp3) is 0.538. The minimum atomic E-state index is 0.328. The van der Waals surface area contributed by atoms with E-state index in [0.717, 1.165) is 11.5 Å². The Labute approximate surface area is 91.3 Å². The van der Waals surface area contributed by atoms with E-state index in [2.05, 4.69) is 25.2 Å². The van der Waals surface area contributed by atoms with Crippen molar-refractivity contribution in [2.45, 2.75) is 38.8 Å². The fourth-order valence-corrected chi connectivity index (χ4v) is 2.28. The topological polar surface area (TPSA) is 32.3 Å². The fourth-order valence-electron chi connectivity index (χ4n) is 2.28. The zero-order chi connectivity index (χ0) is 10.8. The monoisotopic (exact) mass is 205 g/mol. The molecular formula is C13H19NO. The Morgan fingerprint density at radius 1 is 1.40 bits per heavy atom. The average Bonchev–Trinajstić information content (AvgIpc) is 2.15. The molecule has 1 saturated carbocycles. The molecule has 1 fully saturated rings.